The average Bonchev–Trinajstić information content (AvgIpc) is 3.10. The Morgan fingerprint density at radius 1 is 1.13 bits per heavy atom. The van der Waals surface area contributed by atoms with Crippen LogP contribution in [0, 0.1) is 35.0 Å². The van der Waals surface area contributed by atoms with E-state index >= 15 is 0 Å². The van der Waals surface area contributed by atoms with E-state index in [4.69, 9.17) is 24.7 Å². The number of esters is 1. The molecule has 0 saturated heterocycles. The van der Waals surface area contributed by atoms with E-state index in [1.54, 1.807) is 20.1 Å². The van der Waals surface area contributed by atoms with E-state index in [-0.39, 0.29) is 35.2 Å². The standard InChI is InChI=1S/C43H53N3O7/c1-22(2)12-11-17-41(8)18-16-27-35(52-41)26(14-13-23(3)4)37-32(36(27)50-9)34-33-31(29(21-44)39(45)46-34)28-20-30(24(5)6)43(33,53-37)42(49,38(28)47)19-15-25(7)40(48)51-10/h12-13,15-16,18,24,28,30-31,46,49H,11,14,17,19-20,45H2,1-10H3/b25-15-. The number of carbonyl (C=O) groups is 2. The second-order valence-electron chi connectivity index (χ2n) is 16.2. The number of carbonyl (C=O) groups excluding carboxylic acids is 2. The highest BCUT2D eigenvalue weighted by Crippen LogP contribution is 2.68. The molecule has 53 heavy (non-hydrogen) atoms. The lowest BCUT2D eigenvalue weighted by Crippen LogP contribution is -2.78. The van der Waals surface area contributed by atoms with Gasteiger partial charge < -0.3 is 35.1 Å². The Labute approximate surface area is 313 Å². The van der Waals surface area contributed by atoms with Crippen molar-refractivity contribution in [2.24, 2.45) is 29.4 Å². The van der Waals surface area contributed by atoms with Gasteiger partial charge in [0.2, 0.25) is 0 Å². The number of methoxy groups -OCH3 is 2. The molecule has 3 aliphatic heterocycles. The minimum Gasteiger partial charge on any atom is -0.495 e. The van der Waals surface area contributed by atoms with Gasteiger partial charge in [0.25, 0.3) is 0 Å². The molecule has 0 radical (unpaired) electrons. The average molecular weight is 724 g/mol. The summed E-state index contributed by atoms with van der Waals surface area (Å²) in [5.41, 5.74) is 8.33. The third-order valence-corrected chi connectivity index (χ3v) is 11.8. The number of aliphatic hydroxyl groups is 1. The smallest absolute Gasteiger partial charge is 0.333 e. The van der Waals surface area contributed by atoms with Gasteiger partial charge in [-0.3, -0.25) is 4.79 Å². The number of Topliss-reactive ketones (excluding diaryl/α,β-unsaturated/α-hetero) is 1. The fraction of sp³-hybridized carbons (Fsp3) is 0.512. The predicted molar refractivity (Wildman–Crippen MR) is 203 cm³/mol. The molecule has 10 heteroatoms. The van der Waals surface area contributed by atoms with Gasteiger partial charge in [-0.25, -0.2) is 4.79 Å². The maximum Gasteiger partial charge on any atom is 0.333 e. The highest BCUT2D eigenvalue weighted by Gasteiger charge is 2.76. The first-order valence-corrected chi connectivity index (χ1v) is 18.5. The van der Waals surface area contributed by atoms with Crippen LogP contribution >= 0.6 is 0 Å². The maximum absolute atomic E-state index is 14.9. The summed E-state index contributed by atoms with van der Waals surface area (Å²) in [5, 5.41) is 27.1. The third kappa shape index (κ3) is 5.70. The minimum absolute atomic E-state index is 0.0637. The topological polar surface area (TPSA) is 153 Å². The van der Waals surface area contributed by atoms with Crippen LogP contribution in [0.3, 0.4) is 0 Å². The van der Waals surface area contributed by atoms with Crippen LogP contribution in [0.2, 0.25) is 0 Å². The van der Waals surface area contributed by atoms with E-state index in [0.717, 1.165) is 29.5 Å². The monoisotopic (exact) mass is 723 g/mol. The molecule has 3 aliphatic carbocycles. The maximum atomic E-state index is 14.9. The lowest BCUT2D eigenvalue weighted by atomic mass is 9.43. The molecule has 1 spiro atoms. The molecule has 1 aromatic carbocycles. The quantitative estimate of drug-likeness (QED) is 0.131. The number of hydrogen-bond acceptors (Lipinski definition) is 10. The zero-order valence-electron chi connectivity index (χ0n) is 32.7. The summed E-state index contributed by atoms with van der Waals surface area (Å²) in [5.74, 6) is -1.26. The van der Waals surface area contributed by atoms with Crippen molar-refractivity contribution < 1.29 is 33.6 Å². The van der Waals surface area contributed by atoms with Crippen molar-refractivity contribution in [2.75, 3.05) is 14.2 Å². The Hall–Kier alpha value is -4.75. The summed E-state index contributed by atoms with van der Waals surface area (Å²) in [6.07, 6.45) is 12.1. The first-order valence-electron chi connectivity index (χ1n) is 18.5. The molecule has 3 fully saturated rings. The van der Waals surface area contributed by atoms with E-state index in [9.17, 15) is 20.0 Å². The van der Waals surface area contributed by atoms with E-state index in [1.165, 1.54) is 12.7 Å². The van der Waals surface area contributed by atoms with Crippen LogP contribution in [-0.4, -0.2) is 47.9 Å². The number of nitrogens with two attached hydrogens (primary N) is 1. The summed E-state index contributed by atoms with van der Waals surface area (Å²) >= 11 is 0. The molecule has 0 amide bonds. The molecule has 6 aliphatic rings. The highest BCUT2D eigenvalue weighted by molar-refractivity contribution is 6.01. The zero-order chi connectivity index (χ0) is 38.8. The summed E-state index contributed by atoms with van der Waals surface area (Å²) in [6, 6.07) is 2.29. The Balaban J connectivity index is 1.71. The van der Waals surface area contributed by atoms with Gasteiger partial charge in [-0.1, -0.05) is 43.2 Å². The molecule has 7 rings (SSSR count). The van der Waals surface area contributed by atoms with Gasteiger partial charge in [0.05, 0.1) is 42.7 Å². The van der Waals surface area contributed by atoms with Gasteiger partial charge in [-0.15, -0.1) is 0 Å². The van der Waals surface area contributed by atoms with E-state index < -0.39 is 40.4 Å². The Morgan fingerprint density at radius 3 is 2.43 bits per heavy atom. The van der Waals surface area contributed by atoms with Crippen molar-refractivity contribution in [1.82, 2.24) is 5.32 Å². The van der Waals surface area contributed by atoms with E-state index in [2.05, 4.69) is 64.2 Å². The van der Waals surface area contributed by atoms with Gasteiger partial charge >= 0.3 is 5.97 Å². The van der Waals surface area contributed by atoms with Crippen LogP contribution < -0.4 is 25.3 Å². The molecule has 4 N–H and O–H groups in total. The van der Waals surface area contributed by atoms with Crippen LogP contribution in [0.1, 0.15) is 97.8 Å². The van der Waals surface area contributed by atoms with Gasteiger partial charge in [-0.05, 0) is 85.3 Å². The number of allylic oxidation sites excluding steroid dienone is 5. The Morgan fingerprint density at radius 2 is 1.83 bits per heavy atom. The second kappa shape index (κ2) is 13.6. The molecule has 0 aromatic heterocycles. The largest absolute Gasteiger partial charge is 0.495 e. The van der Waals surface area contributed by atoms with Crippen LogP contribution in [0.15, 0.2) is 58.0 Å². The van der Waals surface area contributed by atoms with Gasteiger partial charge in [0.15, 0.2) is 17.0 Å². The summed E-state index contributed by atoms with van der Waals surface area (Å²) in [4.78, 5) is 27.4. The van der Waals surface area contributed by atoms with E-state index in [0.29, 0.717) is 46.9 Å². The van der Waals surface area contributed by atoms with Crippen LogP contribution in [0.4, 0.5) is 0 Å². The number of nitrogens with one attached hydrogen (secondary N) is 1. The van der Waals surface area contributed by atoms with Crippen molar-refractivity contribution in [3.8, 4) is 23.3 Å². The van der Waals surface area contributed by atoms with Crippen molar-refractivity contribution in [2.45, 2.75) is 104 Å². The fourth-order valence-corrected chi connectivity index (χ4v) is 9.23. The third-order valence-electron chi connectivity index (χ3n) is 11.8. The van der Waals surface area contributed by atoms with Crippen LogP contribution in [0.5, 0.6) is 17.2 Å². The van der Waals surface area contributed by atoms with Crippen LogP contribution in [-0.2, 0) is 20.7 Å². The SMILES string of the molecule is COC(=O)/C(C)=C\CC1(O)C(=O)C2CC(C(C)C)C13Oc1c(CC=C(C)C)c4c(c(OC)c1C1=C3C2C(C#N)=C(N)N1)C=CC(C)(CCC=C(C)C)O4. The summed E-state index contributed by atoms with van der Waals surface area (Å²) in [7, 11) is 2.89. The minimum atomic E-state index is -2.13. The van der Waals surface area contributed by atoms with E-state index in [1.807, 2.05) is 19.9 Å². The number of ether oxygens (including phenoxy) is 4. The predicted octanol–water partition coefficient (Wildman–Crippen LogP) is 6.99. The molecule has 2 bridgehead atoms. The number of nitriles is 1. The lowest BCUT2D eigenvalue weighted by Gasteiger charge is -2.65. The number of rotatable bonds is 10. The molecule has 3 saturated carbocycles. The molecule has 1 aromatic rings. The van der Waals surface area contributed by atoms with Crippen molar-refractivity contribution in [3.05, 3.63) is 74.7 Å². The Bertz CT molecular complexity index is 2000. The Kier molecular flexibility index (Phi) is 9.74. The molecule has 282 valence electrons. The van der Waals surface area contributed by atoms with Gasteiger partial charge in [0, 0.05) is 40.9 Å². The molecule has 3 heterocycles. The van der Waals surface area contributed by atoms with Gasteiger partial charge in [-0.2, -0.15) is 5.26 Å². The summed E-state index contributed by atoms with van der Waals surface area (Å²) < 4.78 is 25.7. The number of fused-ring (bicyclic) bond motifs is 5. The normalized spacial score (nSPS) is 29.2. The number of hydrogen-bond donors (Lipinski definition) is 3. The molecular weight excluding hydrogens is 670 g/mol. The van der Waals surface area contributed by atoms with Crippen molar-refractivity contribution in [3.63, 3.8) is 0 Å². The second-order valence-corrected chi connectivity index (χ2v) is 16.2. The number of nitrogens with zero attached hydrogens (tertiary/aromatic N) is 1. The number of dihydropyridines is 1. The summed E-state index contributed by atoms with van der Waals surface area (Å²) in [6.45, 7) is 16.0. The van der Waals surface area contributed by atoms with Crippen molar-refractivity contribution in [1.29, 1.82) is 5.26 Å². The molecular formula is C43H53N3O7. The zero-order valence-corrected chi connectivity index (χ0v) is 32.7. The first-order chi connectivity index (χ1) is 25.0. The lowest BCUT2D eigenvalue weighted by molar-refractivity contribution is -0.209. The van der Waals surface area contributed by atoms with Crippen LogP contribution in [0.25, 0.3) is 11.8 Å². The molecule has 6 unspecified atom stereocenters. The highest BCUT2D eigenvalue weighted by atomic mass is 16.5. The number of ketones is 1. The van der Waals surface area contributed by atoms with Gasteiger partial charge in [0.1, 0.15) is 28.7 Å². The molecule has 10 nitrogen and oxygen atoms in total. The molecule has 6 atom stereocenters. The van der Waals surface area contributed by atoms with Crippen molar-refractivity contribution >= 4 is 23.5 Å². The first kappa shape index (κ1) is 38.0. The number of benzene rings is 1. The fourth-order valence-electron chi connectivity index (χ4n) is 9.23.